The first-order chi connectivity index (χ1) is 68.3. The molecule has 784 valence electrons. The zero-order chi connectivity index (χ0) is 106. The van der Waals surface area contributed by atoms with E-state index < -0.39 is 11.2 Å². The molecule has 5 atom stereocenters. The molecule has 5 aliphatic heterocycles. The first-order valence-corrected chi connectivity index (χ1v) is 49.3. The Bertz CT molecular complexity index is 6710. The molecule has 0 aliphatic carbocycles. The van der Waals surface area contributed by atoms with E-state index in [9.17, 15) is 18.4 Å². The fourth-order valence-electron chi connectivity index (χ4n) is 17.5. The minimum absolute atomic E-state index is 0.00904. The first kappa shape index (κ1) is 111. The van der Waals surface area contributed by atoms with Crippen molar-refractivity contribution in [3.05, 3.63) is 206 Å². The van der Waals surface area contributed by atoms with E-state index in [-0.39, 0.29) is 105 Å². The number of anilines is 3. The molecule has 5 fully saturated rings. The van der Waals surface area contributed by atoms with Crippen LogP contribution in [0.1, 0.15) is 255 Å². The van der Waals surface area contributed by atoms with Gasteiger partial charge in [0.2, 0.25) is 11.2 Å². The average Bonchev–Trinajstić information content (AvgIpc) is 1.60. The second-order valence-corrected chi connectivity index (χ2v) is 42.8. The zero-order valence-electron chi connectivity index (χ0n) is 88.6. The van der Waals surface area contributed by atoms with Crippen LogP contribution in [0.15, 0.2) is 97.6 Å². The van der Waals surface area contributed by atoms with Gasteiger partial charge in [-0.15, -0.1) is 0 Å². The number of Topliss-reactive ketones (excluding diaryl/α,β-unsaturated/α-hetero) is 2. The topological polar surface area (TPSA) is 371 Å². The molecule has 0 spiro atoms. The summed E-state index contributed by atoms with van der Waals surface area (Å²) in [5.41, 5.74) is 18.2. The number of rotatable bonds is 17. The molecule has 19 heterocycles. The quantitative estimate of drug-likeness (QED) is 0.0417. The number of aryl methyl sites for hydroxylation is 8. The molecule has 0 saturated carbocycles. The van der Waals surface area contributed by atoms with Gasteiger partial charge in [-0.25, -0.2) is 42.1 Å². The second-order valence-electron chi connectivity index (χ2n) is 42.4. The van der Waals surface area contributed by atoms with Gasteiger partial charge >= 0.3 is 0 Å². The molecule has 0 unspecified atom stereocenters. The molecule has 40 heteroatoms. The number of aromatic amines is 1. The summed E-state index contributed by atoms with van der Waals surface area (Å²) in [7, 11) is 5.05. The summed E-state index contributed by atoms with van der Waals surface area (Å²) < 4.78 is 129. The maximum atomic E-state index is 15.6. The molecule has 6 N–H and O–H groups in total. The van der Waals surface area contributed by atoms with E-state index in [1.165, 1.54) is 27.3 Å². The molecule has 34 nitrogen and oxygen atoms in total. The van der Waals surface area contributed by atoms with Crippen LogP contribution in [-0.2, 0) is 87.3 Å². The molecule has 14 aromatic heterocycles. The van der Waals surface area contributed by atoms with Gasteiger partial charge in [-0.1, -0.05) is 111 Å². The van der Waals surface area contributed by atoms with Crippen molar-refractivity contribution >= 4 is 63.1 Å². The van der Waals surface area contributed by atoms with Crippen LogP contribution in [0.4, 0.5) is 39.5 Å². The van der Waals surface area contributed by atoms with E-state index in [4.69, 9.17) is 55.7 Å². The second kappa shape index (κ2) is 47.0. The fourth-order valence-corrected chi connectivity index (χ4v) is 17.7. The monoisotopic (exact) mass is 2030 g/mol. The predicted molar refractivity (Wildman–Crippen MR) is 548 cm³/mol. The van der Waals surface area contributed by atoms with Gasteiger partial charge in [-0.05, 0) is 154 Å². The van der Waals surface area contributed by atoms with E-state index >= 15 is 13.2 Å². The summed E-state index contributed by atoms with van der Waals surface area (Å²) in [4.78, 5) is 48.2. The van der Waals surface area contributed by atoms with Crippen LogP contribution in [0.2, 0.25) is 5.28 Å². The lowest BCUT2D eigenvalue weighted by atomic mass is 9.91. The number of aromatic nitrogens is 21. The molecule has 19 rings (SSSR count). The number of ether oxygens (including phenoxy) is 7. The Balaban J connectivity index is 0.000000155. The van der Waals surface area contributed by atoms with Crippen LogP contribution in [0.25, 0.3) is 39.8 Å². The van der Waals surface area contributed by atoms with Crippen molar-refractivity contribution in [1.29, 1.82) is 0 Å². The van der Waals surface area contributed by atoms with Gasteiger partial charge < -0.3 is 63.1 Å². The zero-order valence-corrected chi connectivity index (χ0v) is 89.3. The largest absolute Gasteiger partial charge is 0.456 e. The molecular weight excluding hydrogens is 1890 g/mol. The number of nitrogens with zero attached hydrogens (tertiary/aromatic N) is 20. The molecule has 0 amide bonds. The maximum Gasteiger partial charge on any atom is 0.210 e. The van der Waals surface area contributed by atoms with Crippen molar-refractivity contribution in [2.45, 2.75) is 262 Å². The van der Waals surface area contributed by atoms with E-state index in [1.807, 2.05) is 218 Å². The Hall–Kier alpha value is -12.4. The van der Waals surface area contributed by atoms with Gasteiger partial charge in [-0.3, -0.25) is 47.8 Å². The Morgan fingerprint density at radius 1 is 0.476 bits per heavy atom. The minimum atomic E-state index is -0.447. The lowest BCUT2D eigenvalue weighted by Crippen LogP contribution is -2.23. The van der Waals surface area contributed by atoms with Crippen LogP contribution in [0, 0.1) is 76.5 Å². The Labute approximate surface area is 849 Å². The van der Waals surface area contributed by atoms with Crippen molar-refractivity contribution in [1.82, 2.24) is 108 Å². The smallest absolute Gasteiger partial charge is 0.210 e. The van der Waals surface area contributed by atoms with Gasteiger partial charge in [0.25, 0.3) is 0 Å². The highest BCUT2D eigenvalue weighted by Crippen LogP contribution is 2.41. The van der Waals surface area contributed by atoms with Crippen molar-refractivity contribution < 1.29 is 69.9 Å². The molecule has 0 radical (unpaired) electrons. The summed E-state index contributed by atoms with van der Waals surface area (Å²) in [6.07, 6.45) is 11.6. The summed E-state index contributed by atoms with van der Waals surface area (Å²) in [6.45, 7) is 53.8. The number of nitrogen functional groups attached to an aromatic ring is 1. The highest BCUT2D eigenvalue weighted by Gasteiger charge is 2.39. The number of carbonyl (C=O) groups excluding carboxylic acids is 2. The number of H-pyrrole nitrogens is 1. The lowest BCUT2D eigenvalue weighted by molar-refractivity contribution is -0.117. The highest BCUT2D eigenvalue weighted by atomic mass is 35.5. The van der Waals surface area contributed by atoms with Crippen LogP contribution in [0.5, 0.6) is 23.0 Å². The summed E-state index contributed by atoms with van der Waals surface area (Å²) in [6, 6.07) is 22.8. The standard InChI is InChI=1S/C26H30FN7O3.2C17H24FN3O.C15H13ClN4O2.C13H18FN3.C11H18FN3O.C5H10O.CH5NO/c1-15(35)10-16-11-18(6-8-28-16)37-19-12-20-23(29-13-19)30-25(33(20)5)31-24-21(27)22(26(2,3)4)34(32-24)17-7-9-36-14-17;1-11-6-7-12(2)20(11)16-14(18)15(17(3,4)5)21(19-16)13-8-9-22-10-13;1-11-6-7-12(2)20(11)16-14(18)15(17(3,4)5)19-21(16)13-8-9-22-10-13;1-9(21)5-10-6-11(3-4-17-10)22-12-7-13-14(18-8-12)19-15(16)20(13)2;1-8-6-7-9(2)17(8)12-10(14)11(15-16-12)13(3,4)5;1-11(2,3)9-8(12)10(13)14-15(9)7-4-5-16-6-7;1-5-2-3-6-4-5;1-2-3/h6,8,11-13,17H,7,9-10,14H2,1-5H3,(H,29,30,31,32);2*6-7,13H,8-10H2,1-5H3;3-4,6-8H,5H2,1-2H3;6-7H,1-5H3,(H,15,16);7H,4-6H2,1-3H3,(H2,13,14);5H,2-4H2,1H3;2-3H,1H3/t17-;2*13-;;;7-;5-;/m000..01./s1. The molecule has 0 aromatic carbocycles. The Morgan fingerprint density at radius 3 is 1.28 bits per heavy atom. The number of imidazole rings is 2. The van der Waals surface area contributed by atoms with Crippen LogP contribution >= 0.6 is 11.6 Å². The maximum absolute atomic E-state index is 15.6. The van der Waals surface area contributed by atoms with Gasteiger partial charge in [-0.2, -0.15) is 35.5 Å². The van der Waals surface area contributed by atoms with Gasteiger partial charge in [0, 0.05) is 172 Å². The van der Waals surface area contributed by atoms with Crippen LogP contribution < -0.4 is 26.0 Å². The third-order valence-corrected chi connectivity index (χ3v) is 25.1. The number of hydrogen-bond acceptors (Lipinski definition) is 24. The number of halogens is 6. The van der Waals surface area contributed by atoms with E-state index in [0.717, 1.165) is 84.5 Å². The van der Waals surface area contributed by atoms with Crippen molar-refractivity contribution in [2.24, 2.45) is 20.0 Å². The van der Waals surface area contributed by atoms with Crippen LogP contribution in [0.3, 0.4) is 0 Å². The lowest BCUT2D eigenvalue weighted by Gasteiger charge is -2.22. The third kappa shape index (κ3) is 26.9. The number of pyridine rings is 4. The number of nitrogens with two attached hydrogens (primary N) is 1. The van der Waals surface area contributed by atoms with E-state index in [0.29, 0.717) is 161 Å². The first-order valence-electron chi connectivity index (χ1n) is 48.9. The van der Waals surface area contributed by atoms with Gasteiger partial charge in [0.15, 0.2) is 69.5 Å². The van der Waals surface area contributed by atoms with Crippen LogP contribution in [-0.4, -0.2) is 192 Å². The normalized spacial score (nSPS) is 16.9. The molecule has 0 bridgehead atoms. The average molecular weight is 2030 g/mol. The number of carbonyl (C=O) groups is 2. The van der Waals surface area contributed by atoms with Crippen molar-refractivity contribution in [3.63, 3.8) is 0 Å². The number of nitrogens with one attached hydrogen (secondary N) is 3. The molecular formula is C105H142ClF5N24O10. The molecule has 145 heavy (non-hydrogen) atoms. The predicted octanol–water partition coefficient (Wildman–Crippen LogP) is 20.7. The van der Waals surface area contributed by atoms with Crippen molar-refractivity contribution in [2.75, 3.05) is 84.2 Å². The number of fused-ring (bicyclic) bond motifs is 2. The summed E-state index contributed by atoms with van der Waals surface area (Å²) in [5.74, 6) is 3.40. The Morgan fingerprint density at radius 2 is 0.876 bits per heavy atom. The number of hydrogen-bond donors (Lipinski definition) is 5. The Kier molecular flexibility index (Phi) is 36.1. The SMILES string of the molecule is CC(=O)Cc1cc(Oc2cnc3nc(Cl)n(C)c3c2)ccn1.CC(=O)Cc1cc(Oc2cnc3nc(Nc4nn([C@H]5CCOC5)c(C(C)(C)C)c4F)n(C)c3c2)ccn1.CC(C)(C)c1c(F)c(N)nn1[C@H]1CCOC1.CNO.C[C@@H]1CCOC1.Cc1ccc(C)n1-c1c(F)c(C(C)(C)C)nn1[C@H]1CCOC1.Cc1ccc(C)n1-c1n[nH]c(C(C)(C)C)c1F.Cc1ccc(C)n1-c1nn([C@H]2CCOC2)c(C(C)(C)C)c1F. The molecule has 5 saturated heterocycles. The summed E-state index contributed by atoms with van der Waals surface area (Å²) in [5, 5.41) is 35.6. The van der Waals surface area contributed by atoms with E-state index in [2.05, 4.69) is 72.7 Å². The highest BCUT2D eigenvalue weighted by molar-refractivity contribution is 6.29. The molecule has 14 aromatic rings. The fraction of sp³-hybridized carbons (Fsp3) is 0.514. The van der Waals surface area contributed by atoms with Gasteiger partial charge in [0.1, 0.15) is 40.3 Å². The van der Waals surface area contributed by atoms with Gasteiger partial charge in [0.05, 0.1) is 108 Å². The van der Waals surface area contributed by atoms with E-state index in [1.54, 1.807) is 86.1 Å². The summed E-state index contributed by atoms with van der Waals surface area (Å²) >= 11 is 5.96. The number of hydroxylamine groups is 1. The minimum Gasteiger partial charge on any atom is -0.456 e. The molecule has 5 aliphatic rings. The number of ketones is 2. The van der Waals surface area contributed by atoms with Crippen molar-refractivity contribution in [3.8, 4) is 40.5 Å². The third-order valence-electron chi connectivity index (χ3n) is 24.8.